The number of hydrogen-bond donors (Lipinski definition) is 2. The molecule has 0 unspecified atom stereocenters. The lowest BCUT2D eigenvalue weighted by Crippen LogP contribution is -2.15. The predicted molar refractivity (Wildman–Crippen MR) is 74.7 cm³/mol. The minimum atomic E-state index is -0.391. The van der Waals surface area contributed by atoms with Gasteiger partial charge in [-0.1, -0.05) is 18.2 Å². The van der Waals surface area contributed by atoms with Crippen LogP contribution in [0.2, 0.25) is 0 Å². The van der Waals surface area contributed by atoms with Crippen LogP contribution in [-0.4, -0.2) is 5.91 Å². The molecule has 3 N–H and O–H groups in total. The molecule has 0 radical (unpaired) electrons. The number of nitrogen functional groups attached to an aromatic ring is 1. The second-order valence-electron chi connectivity index (χ2n) is 4.45. The van der Waals surface area contributed by atoms with Gasteiger partial charge in [-0.25, -0.2) is 4.39 Å². The van der Waals surface area contributed by atoms with Crippen molar-refractivity contribution in [3.05, 3.63) is 58.9 Å². The molecule has 4 heteroatoms. The highest BCUT2D eigenvalue weighted by Crippen LogP contribution is 2.20. The van der Waals surface area contributed by atoms with Gasteiger partial charge in [0.25, 0.3) is 5.91 Å². The number of carbonyl (C=O) groups is 1. The molecule has 0 aliphatic rings. The highest BCUT2D eigenvalue weighted by Gasteiger charge is 2.12. The number of nitrogens with one attached hydrogen (secondary N) is 1. The number of anilines is 2. The van der Waals surface area contributed by atoms with E-state index in [1.165, 1.54) is 12.1 Å². The summed E-state index contributed by atoms with van der Waals surface area (Å²) in [6, 6.07) is 9.50. The number of rotatable bonds is 2. The largest absolute Gasteiger partial charge is 0.398 e. The third kappa shape index (κ3) is 2.73. The van der Waals surface area contributed by atoms with Crippen LogP contribution in [0.5, 0.6) is 0 Å². The molecule has 0 saturated heterocycles. The topological polar surface area (TPSA) is 55.1 Å². The van der Waals surface area contributed by atoms with Crippen molar-refractivity contribution in [2.24, 2.45) is 0 Å². The molecule has 0 aromatic heterocycles. The van der Waals surface area contributed by atoms with E-state index in [2.05, 4.69) is 5.32 Å². The summed E-state index contributed by atoms with van der Waals surface area (Å²) in [6.45, 7) is 3.63. The fourth-order valence-corrected chi connectivity index (χ4v) is 1.80. The Bertz CT molecular complexity index is 638. The predicted octanol–water partition coefficient (Wildman–Crippen LogP) is 3.28. The first kappa shape index (κ1) is 13.1. The monoisotopic (exact) mass is 258 g/mol. The summed E-state index contributed by atoms with van der Waals surface area (Å²) in [5.41, 5.74) is 8.78. The van der Waals surface area contributed by atoms with Gasteiger partial charge in [-0.05, 0) is 43.2 Å². The Balaban J connectivity index is 2.31. The number of benzene rings is 2. The van der Waals surface area contributed by atoms with Crippen LogP contribution in [0.3, 0.4) is 0 Å². The Morgan fingerprint density at radius 3 is 2.63 bits per heavy atom. The standard InChI is InChI=1S/C15H15FN2O/c1-9-6-7-11(16)8-13(9)18-15(19)12-5-3-4-10(2)14(12)17/h3-8H,17H2,1-2H3,(H,18,19). The SMILES string of the molecule is Cc1ccc(F)cc1NC(=O)c1cccc(C)c1N. The summed E-state index contributed by atoms with van der Waals surface area (Å²) < 4.78 is 13.2. The molecule has 2 aromatic rings. The maximum Gasteiger partial charge on any atom is 0.257 e. The molecule has 19 heavy (non-hydrogen) atoms. The molecule has 0 aliphatic heterocycles. The average molecular weight is 258 g/mol. The Labute approximate surface area is 111 Å². The lowest BCUT2D eigenvalue weighted by molar-refractivity contribution is 0.102. The van der Waals surface area contributed by atoms with Crippen LogP contribution in [0.15, 0.2) is 36.4 Å². The molecular formula is C15H15FN2O. The second kappa shape index (κ2) is 5.10. The molecule has 0 heterocycles. The van der Waals surface area contributed by atoms with Crippen molar-refractivity contribution in [2.75, 3.05) is 11.1 Å². The van der Waals surface area contributed by atoms with Crippen LogP contribution in [0.1, 0.15) is 21.5 Å². The van der Waals surface area contributed by atoms with E-state index in [0.29, 0.717) is 16.9 Å². The summed E-state index contributed by atoms with van der Waals surface area (Å²) in [4.78, 5) is 12.1. The maximum atomic E-state index is 13.2. The zero-order valence-electron chi connectivity index (χ0n) is 10.8. The first-order chi connectivity index (χ1) is 8.99. The van der Waals surface area contributed by atoms with Crippen LogP contribution < -0.4 is 11.1 Å². The Kier molecular flexibility index (Phi) is 3.51. The molecule has 0 atom stereocenters. The molecule has 2 aromatic carbocycles. The van der Waals surface area contributed by atoms with Crippen molar-refractivity contribution in [1.82, 2.24) is 0 Å². The molecule has 0 spiro atoms. The highest BCUT2D eigenvalue weighted by molar-refractivity contribution is 6.08. The maximum absolute atomic E-state index is 13.2. The molecule has 3 nitrogen and oxygen atoms in total. The van der Waals surface area contributed by atoms with Gasteiger partial charge in [0.1, 0.15) is 5.82 Å². The highest BCUT2D eigenvalue weighted by atomic mass is 19.1. The number of amides is 1. The van der Waals surface area contributed by atoms with Gasteiger partial charge in [0.15, 0.2) is 0 Å². The van der Waals surface area contributed by atoms with Gasteiger partial charge in [-0.3, -0.25) is 4.79 Å². The Morgan fingerprint density at radius 2 is 1.89 bits per heavy atom. The summed E-state index contributed by atoms with van der Waals surface area (Å²) in [5.74, 6) is -0.729. The summed E-state index contributed by atoms with van der Waals surface area (Å²) in [6.07, 6.45) is 0. The number of para-hydroxylation sites is 1. The Hall–Kier alpha value is -2.36. The molecule has 1 amide bonds. The summed E-state index contributed by atoms with van der Waals surface area (Å²) >= 11 is 0. The van der Waals surface area contributed by atoms with Crippen LogP contribution >= 0.6 is 0 Å². The number of hydrogen-bond acceptors (Lipinski definition) is 2. The van der Waals surface area contributed by atoms with Crippen molar-refractivity contribution in [1.29, 1.82) is 0 Å². The molecule has 2 rings (SSSR count). The summed E-state index contributed by atoms with van der Waals surface area (Å²) in [5, 5.41) is 2.68. The van der Waals surface area contributed by atoms with Gasteiger partial charge in [0.05, 0.1) is 5.56 Å². The number of nitrogens with two attached hydrogens (primary N) is 1. The number of aryl methyl sites for hydroxylation is 2. The smallest absolute Gasteiger partial charge is 0.257 e. The van der Waals surface area contributed by atoms with Crippen molar-refractivity contribution in [2.45, 2.75) is 13.8 Å². The van der Waals surface area contributed by atoms with E-state index in [4.69, 9.17) is 5.73 Å². The van der Waals surface area contributed by atoms with Gasteiger partial charge in [-0.15, -0.1) is 0 Å². The lowest BCUT2D eigenvalue weighted by atomic mass is 10.1. The van der Waals surface area contributed by atoms with Crippen LogP contribution in [0, 0.1) is 19.7 Å². The van der Waals surface area contributed by atoms with Crippen LogP contribution in [0.4, 0.5) is 15.8 Å². The molecule has 0 saturated carbocycles. The second-order valence-corrected chi connectivity index (χ2v) is 4.45. The lowest BCUT2D eigenvalue weighted by Gasteiger charge is -2.11. The van der Waals surface area contributed by atoms with Gasteiger partial charge >= 0.3 is 0 Å². The third-order valence-electron chi connectivity index (χ3n) is 3.02. The molecule has 0 bridgehead atoms. The van der Waals surface area contributed by atoms with E-state index in [-0.39, 0.29) is 5.91 Å². The van der Waals surface area contributed by atoms with E-state index in [1.54, 1.807) is 25.1 Å². The van der Waals surface area contributed by atoms with E-state index in [9.17, 15) is 9.18 Å². The number of halogens is 1. The number of carbonyl (C=O) groups excluding carboxylic acids is 1. The van der Waals surface area contributed by atoms with Crippen LogP contribution in [0.25, 0.3) is 0 Å². The van der Waals surface area contributed by atoms with Crippen molar-refractivity contribution < 1.29 is 9.18 Å². The van der Waals surface area contributed by atoms with E-state index >= 15 is 0 Å². The van der Waals surface area contributed by atoms with Crippen molar-refractivity contribution in [3.8, 4) is 0 Å². The molecule has 0 aliphatic carbocycles. The van der Waals surface area contributed by atoms with E-state index < -0.39 is 5.82 Å². The van der Waals surface area contributed by atoms with E-state index in [1.807, 2.05) is 13.0 Å². The molecular weight excluding hydrogens is 243 g/mol. The van der Waals surface area contributed by atoms with E-state index in [0.717, 1.165) is 11.1 Å². The zero-order valence-corrected chi connectivity index (χ0v) is 10.8. The fraction of sp³-hybridized carbons (Fsp3) is 0.133. The quantitative estimate of drug-likeness (QED) is 0.812. The van der Waals surface area contributed by atoms with Crippen molar-refractivity contribution in [3.63, 3.8) is 0 Å². The fourth-order valence-electron chi connectivity index (χ4n) is 1.80. The van der Waals surface area contributed by atoms with Crippen molar-refractivity contribution >= 4 is 17.3 Å². The molecule has 98 valence electrons. The van der Waals surface area contributed by atoms with Gasteiger partial charge in [0, 0.05) is 11.4 Å². The zero-order chi connectivity index (χ0) is 14.0. The average Bonchev–Trinajstić information content (AvgIpc) is 2.37. The van der Waals surface area contributed by atoms with Crippen LogP contribution in [-0.2, 0) is 0 Å². The van der Waals surface area contributed by atoms with Gasteiger partial charge in [-0.2, -0.15) is 0 Å². The first-order valence-corrected chi connectivity index (χ1v) is 5.91. The minimum absolute atomic E-state index is 0.338. The van der Waals surface area contributed by atoms with Gasteiger partial charge < -0.3 is 11.1 Å². The third-order valence-corrected chi connectivity index (χ3v) is 3.02. The minimum Gasteiger partial charge on any atom is -0.398 e. The first-order valence-electron chi connectivity index (χ1n) is 5.91. The summed E-state index contributed by atoms with van der Waals surface area (Å²) in [7, 11) is 0. The molecule has 0 fully saturated rings. The normalized spacial score (nSPS) is 10.3. The van der Waals surface area contributed by atoms with Gasteiger partial charge in [0.2, 0.25) is 0 Å². The Morgan fingerprint density at radius 1 is 1.16 bits per heavy atom.